The van der Waals surface area contributed by atoms with Crippen molar-refractivity contribution in [2.45, 2.75) is 26.6 Å². The van der Waals surface area contributed by atoms with Gasteiger partial charge in [-0.05, 0) is 65.6 Å². The average Bonchev–Trinajstić information content (AvgIpc) is 3.26. The molecule has 1 fully saturated rings. The van der Waals surface area contributed by atoms with E-state index in [0.29, 0.717) is 35.0 Å². The number of carbonyl (C=O) groups is 2. The summed E-state index contributed by atoms with van der Waals surface area (Å²) >= 11 is 0.719. The Bertz CT molecular complexity index is 1130. The number of carbonyl (C=O) groups excluding carboxylic acids is 2. The zero-order chi connectivity index (χ0) is 23.0. The normalized spacial score (nSPS) is 16.8. The minimum absolute atomic E-state index is 0.0500. The molecule has 0 bridgehead atoms. The molecule has 1 N–H and O–H groups in total. The van der Waals surface area contributed by atoms with Gasteiger partial charge in [0.05, 0.1) is 4.91 Å². The molecule has 168 valence electrons. The van der Waals surface area contributed by atoms with Crippen molar-refractivity contribution in [2.75, 3.05) is 6.79 Å². The summed E-state index contributed by atoms with van der Waals surface area (Å²) in [6, 6.07) is 7.58. The van der Waals surface area contributed by atoms with E-state index in [9.17, 15) is 22.8 Å². The lowest BCUT2D eigenvalue weighted by Crippen LogP contribution is -2.18. The molecule has 0 radical (unpaired) electrons. The molecule has 0 aromatic heterocycles. The van der Waals surface area contributed by atoms with E-state index in [0.717, 1.165) is 17.3 Å². The van der Waals surface area contributed by atoms with E-state index in [1.165, 1.54) is 24.3 Å². The molecule has 0 spiro atoms. The first kappa shape index (κ1) is 22.1. The Morgan fingerprint density at radius 1 is 1.16 bits per heavy atom. The summed E-state index contributed by atoms with van der Waals surface area (Å²) in [5, 5.41) is 1.63. The SMILES string of the molecule is CC(C)Cc1cc2c(c(-c3cc(C=C4SC(=O)NC4=O)ccc3OC(F)(F)F)c1)OCO2. The van der Waals surface area contributed by atoms with E-state index in [1.54, 1.807) is 6.07 Å². The summed E-state index contributed by atoms with van der Waals surface area (Å²) < 4.78 is 54.6. The van der Waals surface area contributed by atoms with Gasteiger partial charge in [-0.15, -0.1) is 13.2 Å². The Kier molecular flexibility index (Phi) is 5.81. The third-order valence-corrected chi connectivity index (χ3v) is 5.45. The summed E-state index contributed by atoms with van der Waals surface area (Å²) in [7, 11) is 0. The van der Waals surface area contributed by atoms with Crippen LogP contribution >= 0.6 is 11.8 Å². The van der Waals surface area contributed by atoms with E-state index >= 15 is 0 Å². The van der Waals surface area contributed by atoms with Crippen molar-refractivity contribution in [3.05, 3.63) is 46.4 Å². The molecule has 2 aromatic rings. The number of hydrogen-bond acceptors (Lipinski definition) is 6. The largest absolute Gasteiger partial charge is 0.573 e. The van der Waals surface area contributed by atoms with Gasteiger partial charge in [0.1, 0.15) is 5.75 Å². The summed E-state index contributed by atoms with van der Waals surface area (Å²) in [6.07, 6.45) is -2.79. The van der Waals surface area contributed by atoms with Gasteiger partial charge in [-0.25, -0.2) is 0 Å². The molecule has 10 heteroatoms. The summed E-state index contributed by atoms with van der Waals surface area (Å²) in [4.78, 5) is 23.4. The highest BCUT2D eigenvalue weighted by atomic mass is 32.2. The second-order valence-electron chi connectivity index (χ2n) is 7.63. The van der Waals surface area contributed by atoms with Gasteiger partial charge in [-0.1, -0.05) is 19.9 Å². The lowest BCUT2D eigenvalue weighted by molar-refractivity contribution is -0.274. The quantitative estimate of drug-likeness (QED) is 0.588. The highest BCUT2D eigenvalue weighted by Gasteiger charge is 2.33. The van der Waals surface area contributed by atoms with Gasteiger partial charge < -0.3 is 14.2 Å². The summed E-state index contributed by atoms with van der Waals surface area (Å²) in [5.41, 5.74) is 1.80. The third kappa shape index (κ3) is 4.85. The van der Waals surface area contributed by atoms with Gasteiger partial charge in [0, 0.05) is 11.1 Å². The number of benzene rings is 2. The molecule has 32 heavy (non-hydrogen) atoms. The Hall–Kier alpha value is -3.14. The zero-order valence-corrected chi connectivity index (χ0v) is 17.9. The first-order chi connectivity index (χ1) is 15.1. The molecule has 2 aliphatic heterocycles. The fourth-order valence-electron chi connectivity index (χ4n) is 3.49. The molecule has 0 atom stereocenters. The fourth-order valence-corrected chi connectivity index (χ4v) is 4.17. The average molecular weight is 465 g/mol. The molecule has 0 unspecified atom stereocenters. The van der Waals surface area contributed by atoms with E-state index in [1.807, 2.05) is 19.9 Å². The lowest BCUT2D eigenvalue weighted by Gasteiger charge is -2.17. The van der Waals surface area contributed by atoms with Crippen LogP contribution in [-0.4, -0.2) is 24.3 Å². The van der Waals surface area contributed by atoms with Crippen LogP contribution in [0.25, 0.3) is 17.2 Å². The number of rotatable bonds is 5. The zero-order valence-electron chi connectivity index (χ0n) is 17.0. The van der Waals surface area contributed by atoms with Crippen molar-refractivity contribution in [3.8, 4) is 28.4 Å². The van der Waals surface area contributed by atoms with Crippen molar-refractivity contribution < 1.29 is 37.0 Å². The van der Waals surface area contributed by atoms with Crippen LogP contribution in [0, 0.1) is 5.92 Å². The van der Waals surface area contributed by atoms with Crippen molar-refractivity contribution >= 4 is 29.0 Å². The second kappa shape index (κ2) is 8.42. The number of alkyl halides is 3. The Labute approximate surface area is 185 Å². The van der Waals surface area contributed by atoms with E-state index in [4.69, 9.17) is 9.47 Å². The molecular weight excluding hydrogens is 447 g/mol. The molecule has 0 aliphatic carbocycles. The van der Waals surface area contributed by atoms with Crippen molar-refractivity contribution in [1.29, 1.82) is 0 Å². The number of fused-ring (bicyclic) bond motifs is 1. The van der Waals surface area contributed by atoms with Crippen LogP contribution in [0.1, 0.15) is 25.0 Å². The highest BCUT2D eigenvalue weighted by Crippen LogP contribution is 2.47. The summed E-state index contributed by atoms with van der Waals surface area (Å²) in [5.74, 6) is 0.0849. The van der Waals surface area contributed by atoms with Crippen molar-refractivity contribution in [3.63, 3.8) is 0 Å². The number of imide groups is 1. The first-order valence-electron chi connectivity index (χ1n) is 9.66. The van der Waals surface area contributed by atoms with Crippen LogP contribution in [-0.2, 0) is 11.2 Å². The Balaban J connectivity index is 1.86. The lowest BCUT2D eigenvalue weighted by atomic mass is 9.95. The monoisotopic (exact) mass is 465 g/mol. The number of thioether (sulfide) groups is 1. The number of nitrogens with one attached hydrogen (secondary N) is 1. The molecule has 2 aromatic carbocycles. The van der Waals surface area contributed by atoms with E-state index in [-0.39, 0.29) is 17.3 Å². The number of amides is 2. The smallest absolute Gasteiger partial charge is 0.454 e. The standard InChI is InChI=1S/C22H18F3NO5S/c1-11(2)5-13-7-15(19-17(8-13)29-10-30-19)14-6-12(3-4-16(14)31-22(23,24)25)9-18-20(27)26-21(28)32-18/h3-4,6-9,11H,5,10H2,1-2H3,(H,26,27,28). The van der Waals surface area contributed by atoms with Gasteiger partial charge in [-0.3, -0.25) is 14.9 Å². The van der Waals surface area contributed by atoms with Gasteiger partial charge in [0.15, 0.2) is 11.5 Å². The molecule has 4 rings (SSSR count). The highest BCUT2D eigenvalue weighted by molar-refractivity contribution is 8.18. The third-order valence-electron chi connectivity index (χ3n) is 4.64. The van der Waals surface area contributed by atoms with Crippen molar-refractivity contribution in [2.24, 2.45) is 5.92 Å². The van der Waals surface area contributed by atoms with Gasteiger partial charge >= 0.3 is 6.36 Å². The number of hydrogen-bond donors (Lipinski definition) is 1. The van der Waals surface area contributed by atoms with Crippen LogP contribution in [0.2, 0.25) is 0 Å². The predicted molar refractivity (Wildman–Crippen MR) is 112 cm³/mol. The van der Waals surface area contributed by atoms with Crippen molar-refractivity contribution in [1.82, 2.24) is 5.32 Å². The second-order valence-corrected chi connectivity index (χ2v) is 8.65. The molecule has 6 nitrogen and oxygen atoms in total. The van der Waals surface area contributed by atoms with E-state index in [2.05, 4.69) is 10.1 Å². The van der Waals surface area contributed by atoms with Crippen LogP contribution in [0.5, 0.6) is 17.2 Å². The molecule has 2 amide bonds. The Morgan fingerprint density at radius 2 is 1.94 bits per heavy atom. The molecule has 2 heterocycles. The van der Waals surface area contributed by atoms with Gasteiger partial charge in [0.25, 0.3) is 11.1 Å². The molecule has 2 aliphatic rings. The molecule has 0 saturated carbocycles. The number of ether oxygens (including phenoxy) is 3. The summed E-state index contributed by atoms with van der Waals surface area (Å²) in [6.45, 7) is 4.01. The topological polar surface area (TPSA) is 73.9 Å². The van der Waals surface area contributed by atoms with Crippen LogP contribution in [0.15, 0.2) is 35.2 Å². The molecular formula is C22H18F3NO5S. The van der Waals surface area contributed by atoms with Gasteiger partial charge in [-0.2, -0.15) is 0 Å². The minimum atomic E-state index is -4.90. The fraction of sp³-hybridized carbons (Fsp3) is 0.273. The Morgan fingerprint density at radius 3 is 2.59 bits per heavy atom. The van der Waals surface area contributed by atoms with Crippen LogP contribution in [0.3, 0.4) is 0 Å². The number of halogens is 3. The van der Waals surface area contributed by atoms with E-state index < -0.39 is 23.3 Å². The maximum absolute atomic E-state index is 13.1. The van der Waals surface area contributed by atoms with Gasteiger partial charge in [0.2, 0.25) is 6.79 Å². The minimum Gasteiger partial charge on any atom is -0.454 e. The van der Waals surface area contributed by atoms with Crippen LogP contribution < -0.4 is 19.5 Å². The predicted octanol–water partition coefficient (Wildman–Crippen LogP) is 5.50. The maximum Gasteiger partial charge on any atom is 0.573 e. The van der Waals surface area contributed by atoms with Crippen LogP contribution in [0.4, 0.5) is 18.0 Å². The maximum atomic E-state index is 13.1. The first-order valence-corrected chi connectivity index (χ1v) is 10.5. The molecule has 1 saturated heterocycles.